The third-order valence-electron chi connectivity index (χ3n) is 4.31. The van der Waals surface area contributed by atoms with Gasteiger partial charge in [0.1, 0.15) is 4.88 Å². The predicted octanol–water partition coefficient (Wildman–Crippen LogP) is 2.80. The second-order valence-corrected chi connectivity index (χ2v) is 7.08. The minimum Gasteiger partial charge on any atom is -0.381 e. The van der Waals surface area contributed by atoms with Crippen molar-refractivity contribution in [2.24, 2.45) is 5.92 Å². The van der Waals surface area contributed by atoms with Crippen LogP contribution in [-0.4, -0.2) is 52.6 Å². The zero-order valence-electron chi connectivity index (χ0n) is 14.1. The van der Waals surface area contributed by atoms with Crippen LogP contribution in [0.15, 0.2) is 18.5 Å². The van der Waals surface area contributed by atoms with E-state index < -0.39 is 0 Å². The predicted molar refractivity (Wildman–Crippen MR) is 93.0 cm³/mol. The molecule has 24 heavy (non-hydrogen) atoms. The molecule has 1 amide bonds. The fourth-order valence-electron chi connectivity index (χ4n) is 2.79. The van der Waals surface area contributed by atoms with E-state index in [0.717, 1.165) is 44.7 Å². The maximum Gasteiger partial charge on any atom is 0.265 e. The van der Waals surface area contributed by atoms with Crippen molar-refractivity contribution in [1.29, 1.82) is 0 Å². The molecule has 2 aromatic rings. The summed E-state index contributed by atoms with van der Waals surface area (Å²) in [5.41, 5.74) is 0.741. The molecule has 7 heteroatoms. The molecule has 6 nitrogen and oxygen atoms in total. The monoisotopic (exact) mass is 346 g/mol. The minimum absolute atomic E-state index is 0.0271. The molecular weight excluding hydrogens is 324 g/mol. The van der Waals surface area contributed by atoms with Crippen LogP contribution in [-0.2, 0) is 4.74 Å². The number of amides is 1. The molecular formula is C17H22N4O2S. The van der Waals surface area contributed by atoms with Gasteiger partial charge in [-0.3, -0.25) is 4.79 Å². The Morgan fingerprint density at radius 2 is 2.04 bits per heavy atom. The van der Waals surface area contributed by atoms with Crippen LogP contribution in [0.3, 0.4) is 0 Å². The first-order valence-corrected chi connectivity index (χ1v) is 9.05. The summed E-state index contributed by atoms with van der Waals surface area (Å²) in [7, 11) is 1.86. The summed E-state index contributed by atoms with van der Waals surface area (Å²) in [6.07, 6.45) is 6.58. The summed E-state index contributed by atoms with van der Waals surface area (Å²) in [5.74, 6) is 1.25. The number of hydrogen-bond donors (Lipinski definition) is 0. The Labute approximate surface area is 145 Å². The number of carbonyl (C=O) groups is 1. The Morgan fingerprint density at radius 1 is 1.33 bits per heavy atom. The van der Waals surface area contributed by atoms with Crippen LogP contribution in [0.1, 0.15) is 34.6 Å². The molecule has 128 valence electrons. The van der Waals surface area contributed by atoms with Gasteiger partial charge in [-0.1, -0.05) is 0 Å². The first kappa shape index (κ1) is 17.0. The van der Waals surface area contributed by atoms with E-state index in [1.807, 2.05) is 14.0 Å². The smallest absolute Gasteiger partial charge is 0.265 e. The van der Waals surface area contributed by atoms with Gasteiger partial charge in [0.25, 0.3) is 5.91 Å². The molecule has 1 aliphatic heterocycles. The summed E-state index contributed by atoms with van der Waals surface area (Å²) in [6, 6.07) is 1.76. The lowest BCUT2D eigenvalue weighted by atomic mass is 9.96. The first-order chi connectivity index (χ1) is 11.6. The van der Waals surface area contributed by atoms with Crippen LogP contribution >= 0.6 is 11.3 Å². The molecule has 0 N–H and O–H groups in total. The molecule has 1 saturated heterocycles. The van der Waals surface area contributed by atoms with Crippen molar-refractivity contribution in [1.82, 2.24) is 19.9 Å². The van der Waals surface area contributed by atoms with Crippen molar-refractivity contribution >= 4 is 17.2 Å². The third-order valence-corrected chi connectivity index (χ3v) is 5.45. The second kappa shape index (κ2) is 7.81. The topological polar surface area (TPSA) is 68.2 Å². The highest BCUT2D eigenvalue weighted by atomic mass is 32.1. The quantitative estimate of drug-likeness (QED) is 0.833. The highest BCUT2D eigenvalue weighted by Crippen LogP contribution is 2.26. The molecule has 1 fully saturated rings. The largest absolute Gasteiger partial charge is 0.381 e. The number of aromatic nitrogens is 3. The molecule has 0 atom stereocenters. The Hall–Kier alpha value is -1.86. The molecule has 3 heterocycles. The van der Waals surface area contributed by atoms with Gasteiger partial charge < -0.3 is 9.64 Å². The van der Waals surface area contributed by atoms with E-state index in [0.29, 0.717) is 21.6 Å². The van der Waals surface area contributed by atoms with Crippen LogP contribution in [0.2, 0.25) is 0 Å². The molecule has 2 aromatic heterocycles. The molecule has 0 aliphatic carbocycles. The standard InChI is InChI=1S/C17H22N4O2S/c1-12-14(24-16(20-12)15-18-7-3-8-19-15)17(22)21(2)9-4-13-5-10-23-11-6-13/h3,7-8,13H,4-6,9-11H2,1-2H3. The van der Waals surface area contributed by atoms with E-state index in [9.17, 15) is 4.79 Å². The van der Waals surface area contributed by atoms with Crippen molar-refractivity contribution in [2.75, 3.05) is 26.8 Å². The summed E-state index contributed by atoms with van der Waals surface area (Å²) >= 11 is 1.36. The number of rotatable bonds is 5. The van der Waals surface area contributed by atoms with Gasteiger partial charge in [-0.05, 0) is 38.2 Å². The van der Waals surface area contributed by atoms with Crippen LogP contribution in [0.5, 0.6) is 0 Å². The van der Waals surface area contributed by atoms with Crippen molar-refractivity contribution in [3.05, 3.63) is 29.0 Å². The third kappa shape index (κ3) is 3.96. The lowest BCUT2D eigenvalue weighted by Gasteiger charge is -2.24. The summed E-state index contributed by atoms with van der Waals surface area (Å²) in [6.45, 7) is 4.31. The molecule has 1 aliphatic rings. The minimum atomic E-state index is 0.0271. The van der Waals surface area contributed by atoms with Crippen LogP contribution < -0.4 is 0 Å². The van der Waals surface area contributed by atoms with Crippen LogP contribution in [0.25, 0.3) is 10.8 Å². The number of aryl methyl sites for hydroxylation is 1. The first-order valence-electron chi connectivity index (χ1n) is 8.23. The van der Waals surface area contributed by atoms with Gasteiger partial charge in [-0.2, -0.15) is 0 Å². The van der Waals surface area contributed by atoms with E-state index in [2.05, 4.69) is 15.0 Å². The van der Waals surface area contributed by atoms with Gasteiger partial charge in [0, 0.05) is 39.2 Å². The highest BCUT2D eigenvalue weighted by Gasteiger charge is 2.22. The summed E-state index contributed by atoms with van der Waals surface area (Å²) < 4.78 is 5.38. The fourth-order valence-corrected chi connectivity index (χ4v) is 3.80. The van der Waals surface area contributed by atoms with Gasteiger partial charge in [0.15, 0.2) is 10.8 Å². The van der Waals surface area contributed by atoms with Gasteiger partial charge in [0.2, 0.25) is 0 Å². The molecule has 0 saturated carbocycles. The van der Waals surface area contributed by atoms with Gasteiger partial charge in [-0.15, -0.1) is 11.3 Å². The Kier molecular flexibility index (Phi) is 5.52. The average molecular weight is 346 g/mol. The number of carbonyl (C=O) groups excluding carboxylic acids is 1. The Bertz CT molecular complexity index is 683. The van der Waals surface area contributed by atoms with E-state index in [4.69, 9.17) is 4.74 Å². The summed E-state index contributed by atoms with van der Waals surface area (Å²) in [4.78, 5) is 28.1. The zero-order valence-corrected chi connectivity index (χ0v) is 14.9. The number of hydrogen-bond acceptors (Lipinski definition) is 6. The summed E-state index contributed by atoms with van der Waals surface area (Å²) in [5, 5.41) is 0.689. The second-order valence-electron chi connectivity index (χ2n) is 6.08. The van der Waals surface area contributed by atoms with Crippen molar-refractivity contribution < 1.29 is 9.53 Å². The Balaban J connectivity index is 1.64. The molecule has 0 bridgehead atoms. The normalized spacial score (nSPS) is 15.4. The maximum atomic E-state index is 12.7. The van der Waals surface area contributed by atoms with E-state index >= 15 is 0 Å². The van der Waals surface area contributed by atoms with Crippen molar-refractivity contribution in [2.45, 2.75) is 26.2 Å². The fraction of sp³-hybridized carbons (Fsp3) is 0.529. The van der Waals surface area contributed by atoms with Crippen LogP contribution in [0, 0.1) is 12.8 Å². The molecule has 0 radical (unpaired) electrons. The lowest BCUT2D eigenvalue weighted by Crippen LogP contribution is -2.30. The number of thiazole rings is 1. The molecule has 0 spiro atoms. The average Bonchev–Trinajstić information content (AvgIpc) is 3.02. The van der Waals surface area contributed by atoms with E-state index in [1.165, 1.54) is 11.3 Å². The highest BCUT2D eigenvalue weighted by molar-refractivity contribution is 7.17. The molecule has 0 aromatic carbocycles. The number of nitrogens with zero attached hydrogens (tertiary/aromatic N) is 4. The maximum absolute atomic E-state index is 12.7. The van der Waals surface area contributed by atoms with Gasteiger partial charge >= 0.3 is 0 Å². The van der Waals surface area contributed by atoms with Crippen LogP contribution in [0.4, 0.5) is 0 Å². The van der Waals surface area contributed by atoms with Crippen molar-refractivity contribution in [3.63, 3.8) is 0 Å². The molecule has 3 rings (SSSR count). The van der Waals surface area contributed by atoms with Gasteiger partial charge in [-0.25, -0.2) is 15.0 Å². The zero-order chi connectivity index (χ0) is 16.9. The van der Waals surface area contributed by atoms with Gasteiger partial charge in [0.05, 0.1) is 5.69 Å². The number of ether oxygens (including phenoxy) is 1. The van der Waals surface area contributed by atoms with Crippen molar-refractivity contribution in [3.8, 4) is 10.8 Å². The van der Waals surface area contributed by atoms with E-state index in [-0.39, 0.29) is 5.91 Å². The lowest BCUT2D eigenvalue weighted by molar-refractivity contribution is 0.0584. The Morgan fingerprint density at radius 3 is 2.75 bits per heavy atom. The SMILES string of the molecule is Cc1nc(-c2ncccn2)sc1C(=O)N(C)CCC1CCOCC1. The van der Waals surface area contributed by atoms with E-state index in [1.54, 1.807) is 23.4 Å². The molecule has 0 unspecified atom stereocenters.